The summed E-state index contributed by atoms with van der Waals surface area (Å²) in [6, 6.07) is 9.72. The third-order valence-corrected chi connectivity index (χ3v) is 4.09. The maximum Gasteiger partial charge on any atom is 0.267 e. The van der Waals surface area contributed by atoms with Crippen LogP contribution in [0, 0.1) is 5.82 Å². The molecule has 3 aromatic rings. The van der Waals surface area contributed by atoms with Gasteiger partial charge < -0.3 is 24.0 Å². The average Bonchev–Trinajstić information content (AvgIpc) is 3.18. The zero-order chi connectivity index (χ0) is 21.7. The van der Waals surface area contributed by atoms with Crippen LogP contribution in [0.15, 0.2) is 56.1 Å². The Labute approximate surface area is 169 Å². The van der Waals surface area contributed by atoms with Crippen LogP contribution < -0.4 is 10.7 Å². The molecule has 0 atom stereocenters. The number of carbonyl (C=O) groups is 2. The third-order valence-electron chi connectivity index (χ3n) is 4.09. The van der Waals surface area contributed by atoms with Crippen molar-refractivity contribution in [2.24, 2.45) is 0 Å². The van der Waals surface area contributed by atoms with E-state index in [1.54, 1.807) is 18.2 Å². The highest BCUT2D eigenvalue weighted by molar-refractivity contribution is 6.06. The molecule has 2 heterocycles. The molecule has 1 amide bonds. The van der Waals surface area contributed by atoms with Gasteiger partial charge in [0.15, 0.2) is 5.76 Å². The lowest BCUT2D eigenvalue weighted by atomic mass is 10.1. The minimum atomic E-state index is -0.858. The van der Waals surface area contributed by atoms with E-state index in [-0.39, 0.29) is 30.5 Å². The average molecular weight is 415 g/mol. The highest BCUT2D eigenvalue weighted by Crippen LogP contribution is 2.21. The molecule has 0 aliphatic rings. The van der Waals surface area contributed by atoms with Crippen molar-refractivity contribution < 1.29 is 32.7 Å². The van der Waals surface area contributed by atoms with Gasteiger partial charge in [-0.1, -0.05) is 12.1 Å². The number of nitrogens with one attached hydrogen (secondary N) is 1. The Morgan fingerprint density at radius 1 is 1.10 bits per heavy atom. The Morgan fingerprint density at radius 2 is 1.83 bits per heavy atom. The van der Waals surface area contributed by atoms with Crippen molar-refractivity contribution in [3.05, 3.63) is 87.1 Å². The lowest BCUT2D eigenvalue weighted by Crippen LogP contribution is -2.27. The number of halogens is 1. The zero-order valence-corrected chi connectivity index (χ0v) is 15.9. The van der Waals surface area contributed by atoms with Gasteiger partial charge in [0.2, 0.25) is 22.8 Å². The first-order chi connectivity index (χ1) is 14.4. The number of hydrogen-bond donors (Lipinski definition) is 2. The van der Waals surface area contributed by atoms with Gasteiger partial charge in [-0.05, 0) is 29.8 Å². The summed E-state index contributed by atoms with van der Waals surface area (Å²) in [6.07, 6.45) is 0.315. The number of aromatic hydroxyl groups is 1. The summed E-state index contributed by atoms with van der Waals surface area (Å²) >= 11 is 0. The van der Waals surface area contributed by atoms with E-state index in [1.807, 2.05) is 0 Å². The molecule has 0 spiro atoms. The van der Waals surface area contributed by atoms with Crippen molar-refractivity contribution in [2.75, 3.05) is 13.7 Å². The number of carbonyl (C=O) groups excluding carboxylic acids is 2. The number of amides is 1. The molecule has 0 aliphatic carbocycles. The molecule has 0 saturated carbocycles. The second-order valence-electron chi connectivity index (χ2n) is 6.36. The molecule has 2 aromatic heterocycles. The van der Waals surface area contributed by atoms with Crippen LogP contribution in [-0.4, -0.2) is 30.5 Å². The largest absolute Gasteiger partial charge is 0.501 e. The van der Waals surface area contributed by atoms with Crippen LogP contribution in [0.3, 0.4) is 0 Å². The van der Waals surface area contributed by atoms with E-state index in [0.717, 1.165) is 11.6 Å². The Kier molecular flexibility index (Phi) is 6.43. The monoisotopic (exact) mass is 415 g/mol. The van der Waals surface area contributed by atoms with Gasteiger partial charge >= 0.3 is 0 Å². The molecular formula is C21H18FNO7. The normalized spacial score (nSPS) is 10.7. The fourth-order valence-electron chi connectivity index (χ4n) is 2.65. The molecule has 0 fully saturated rings. The molecule has 2 N–H and O–H groups in total. The molecule has 9 heteroatoms. The van der Waals surface area contributed by atoms with Crippen LogP contribution in [0.25, 0.3) is 0 Å². The summed E-state index contributed by atoms with van der Waals surface area (Å²) in [5, 5.41) is 12.4. The minimum absolute atomic E-state index is 0.0244. The molecule has 0 aliphatic heterocycles. The fraction of sp³-hybridized carbons (Fsp3) is 0.190. The zero-order valence-electron chi connectivity index (χ0n) is 15.9. The van der Waals surface area contributed by atoms with Gasteiger partial charge in [-0.25, -0.2) is 4.39 Å². The number of ether oxygens (including phenoxy) is 1. The van der Waals surface area contributed by atoms with Gasteiger partial charge in [0.25, 0.3) is 5.78 Å². The van der Waals surface area contributed by atoms with E-state index in [9.17, 15) is 23.9 Å². The van der Waals surface area contributed by atoms with E-state index in [4.69, 9.17) is 8.83 Å². The lowest BCUT2D eigenvalue weighted by molar-refractivity contribution is -0.124. The van der Waals surface area contributed by atoms with Gasteiger partial charge in [0.05, 0.1) is 6.54 Å². The first-order valence-corrected chi connectivity index (χ1v) is 8.87. The molecule has 0 saturated heterocycles. The van der Waals surface area contributed by atoms with Crippen LogP contribution in [0.1, 0.15) is 33.4 Å². The van der Waals surface area contributed by atoms with Gasteiger partial charge in [-0.2, -0.15) is 0 Å². The number of rotatable bonds is 8. The van der Waals surface area contributed by atoms with E-state index in [2.05, 4.69) is 10.1 Å². The van der Waals surface area contributed by atoms with Gasteiger partial charge in [-0.15, -0.1) is 0 Å². The van der Waals surface area contributed by atoms with E-state index in [1.165, 1.54) is 25.3 Å². The Bertz CT molecular complexity index is 1120. The smallest absolute Gasteiger partial charge is 0.267 e. The predicted molar refractivity (Wildman–Crippen MR) is 102 cm³/mol. The maximum atomic E-state index is 13.0. The van der Waals surface area contributed by atoms with E-state index < -0.39 is 28.6 Å². The first kappa shape index (κ1) is 21.0. The van der Waals surface area contributed by atoms with E-state index in [0.29, 0.717) is 12.2 Å². The van der Waals surface area contributed by atoms with Crippen LogP contribution in [0.5, 0.6) is 5.75 Å². The minimum Gasteiger partial charge on any atom is -0.501 e. The van der Waals surface area contributed by atoms with Crippen LogP contribution in [0.4, 0.5) is 4.39 Å². The number of methoxy groups -OCH3 is 1. The third kappa shape index (κ3) is 5.00. The first-order valence-electron chi connectivity index (χ1n) is 8.87. The molecule has 1 aromatic carbocycles. The quantitative estimate of drug-likeness (QED) is 0.541. The van der Waals surface area contributed by atoms with Crippen molar-refractivity contribution in [3.8, 4) is 5.75 Å². The molecule has 3 rings (SSSR count). The molecular weight excluding hydrogens is 397 g/mol. The van der Waals surface area contributed by atoms with Crippen LogP contribution in [0.2, 0.25) is 0 Å². The summed E-state index contributed by atoms with van der Waals surface area (Å²) in [5.41, 5.74) is -0.0633. The fourth-order valence-corrected chi connectivity index (χ4v) is 2.65. The lowest BCUT2D eigenvalue weighted by Gasteiger charge is -2.06. The second kappa shape index (κ2) is 9.19. The topological polar surface area (TPSA) is 119 Å². The second-order valence-corrected chi connectivity index (χ2v) is 6.36. The standard InChI is InChI=1S/C21H18FNO7/c1-28-11-18(25)23-10-15-9-16(24)19(26)21(30-15)20(27)17-7-6-14(29-17)8-12-2-4-13(22)5-3-12/h2-7,9,26H,8,10-11H2,1H3,(H,23,25). The van der Waals surface area contributed by atoms with E-state index >= 15 is 0 Å². The van der Waals surface area contributed by atoms with Crippen molar-refractivity contribution in [3.63, 3.8) is 0 Å². The van der Waals surface area contributed by atoms with Crippen molar-refractivity contribution >= 4 is 11.7 Å². The number of ketones is 1. The van der Waals surface area contributed by atoms with Crippen LogP contribution in [-0.2, 0) is 22.5 Å². The molecule has 0 radical (unpaired) electrons. The van der Waals surface area contributed by atoms with Gasteiger partial charge in [0.1, 0.15) is 23.9 Å². The van der Waals surface area contributed by atoms with Crippen molar-refractivity contribution in [1.82, 2.24) is 5.32 Å². The Balaban J connectivity index is 1.79. The number of furan rings is 1. The van der Waals surface area contributed by atoms with Crippen LogP contribution >= 0.6 is 0 Å². The van der Waals surface area contributed by atoms with Gasteiger partial charge in [-0.3, -0.25) is 14.4 Å². The summed E-state index contributed by atoms with van der Waals surface area (Å²) in [4.78, 5) is 36.1. The van der Waals surface area contributed by atoms with Crippen molar-refractivity contribution in [2.45, 2.75) is 13.0 Å². The molecule has 156 valence electrons. The molecule has 30 heavy (non-hydrogen) atoms. The van der Waals surface area contributed by atoms with Gasteiger partial charge in [0, 0.05) is 19.6 Å². The number of hydrogen-bond acceptors (Lipinski definition) is 7. The van der Waals surface area contributed by atoms with Crippen molar-refractivity contribution in [1.29, 1.82) is 0 Å². The summed E-state index contributed by atoms with van der Waals surface area (Å²) < 4.78 is 28.5. The highest BCUT2D eigenvalue weighted by atomic mass is 19.1. The molecule has 8 nitrogen and oxygen atoms in total. The highest BCUT2D eigenvalue weighted by Gasteiger charge is 2.23. The summed E-state index contributed by atoms with van der Waals surface area (Å²) in [5.74, 6) is -2.84. The Hall–Kier alpha value is -3.72. The SMILES string of the molecule is COCC(=O)NCc1cc(=O)c(O)c(C(=O)c2ccc(Cc3ccc(F)cc3)o2)o1. The summed E-state index contributed by atoms with van der Waals surface area (Å²) in [6.45, 7) is -0.358. The predicted octanol–water partition coefficient (Wildman–Crippen LogP) is 2.16. The Morgan fingerprint density at radius 3 is 2.53 bits per heavy atom. The molecule has 0 bridgehead atoms. The maximum absolute atomic E-state index is 13.0. The molecule has 0 unspecified atom stereocenters. The summed E-state index contributed by atoms with van der Waals surface area (Å²) in [7, 11) is 1.35. The number of benzene rings is 1.